The van der Waals surface area contributed by atoms with Gasteiger partial charge in [-0.05, 0) is 60.6 Å². The number of amides is 1. The molecule has 6 nitrogen and oxygen atoms in total. The van der Waals surface area contributed by atoms with E-state index in [4.69, 9.17) is 4.74 Å². The van der Waals surface area contributed by atoms with Gasteiger partial charge in [0.25, 0.3) is 0 Å². The number of anilines is 1. The molecular weight excluding hydrogens is 436 g/mol. The van der Waals surface area contributed by atoms with Crippen LogP contribution in [0.3, 0.4) is 0 Å². The molecule has 0 spiro atoms. The Morgan fingerprint density at radius 3 is 2.46 bits per heavy atom. The Morgan fingerprint density at radius 2 is 1.74 bits per heavy atom. The third-order valence-corrected chi connectivity index (χ3v) is 6.25. The van der Waals surface area contributed by atoms with Crippen LogP contribution >= 0.6 is 0 Å². The number of benzene rings is 3. The quantitative estimate of drug-likeness (QED) is 0.345. The molecule has 35 heavy (non-hydrogen) atoms. The third kappa shape index (κ3) is 5.11. The molecule has 2 atom stereocenters. The van der Waals surface area contributed by atoms with Crippen molar-refractivity contribution in [3.05, 3.63) is 90.0 Å². The Labute approximate surface area is 206 Å². The van der Waals surface area contributed by atoms with Crippen molar-refractivity contribution in [2.75, 3.05) is 11.9 Å². The Bertz CT molecular complexity index is 1310. The first-order valence-corrected chi connectivity index (χ1v) is 12.1. The molecule has 178 valence electrons. The lowest BCUT2D eigenvalue weighted by atomic mass is 10.1. The second-order valence-corrected chi connectivity index (χ2v) is 9.55. The molecule has 1 unspecified atom stereocenters. The fourth-order valence-electron chi connectivity index (χ4n) is 4.25. The number of nitrogens with one attached hydrogen (secondary N) is 1. The van der Waals surface area contributed by atoms with Gasteiger partial charge in [-0.25, -0.2) is 4.68 Å². The monoisotopic (exact) mass is 466 g/mol. The summed E-state index contributed by atoms with van der Waals surface area (Å²) in [5, 5.41) is 7.70. The summed E-state index contributed by atoms with van der Waals surface area (Å²) in [6.07, 6.45) is 0.895. The Hall–Kier alpha value is -3.93. The molecule has 1 fully saturated rings. The maximum atomic E-state index is 12.8. The van der Waals surface area contributed by atoms with E-state index in [0.717, 1.165) is 34.7 Å². The van der Waals surface area contributed by atoms with Crippen LogP contribution in [0, 0.1) is 18.8 Å². The lowest BCUT2D eigenvalue weighted by Crippen LogP contribution is -2.14. The highest BCUT2D eigenvalue weighted by molar-refractivity contribution is 5.95. The van der Waals surface area contributed by atoms with Crippen LogP contribution in [-0.4, -0.2) is 27.3 Å². The van der Waals surface area contributed by atoms with Gasteiger partial charge in [-0.2, -0.15) is 4.98 Å². The van der Waals surface area contributed by atoms with E-state index in [9.17, 15) is 4.79 Å². The van der Waals surface area contributed by atoms with E-state index in [2.05, 4.69) is 54.4 Å². The fourth-order valence-corrected chi connectivity index (χ4v) is 4.25. The van der Waals surface area contributed by atoms with Crippen molar-refractivity contribution in [1.29, 1.82) is 0 Å². The molecular formula is C29H30N4O2. The summed E-state index contributed by atoms with van der Waals surface area (Å²) < 4.78 is 7.63. The molecule has 1 aliphatic carbocycles. The largest absolute Gasteiger partial charge is 0.462 e. The molecule has 6 heteroatoms. The molecule has 5 rings (SSSR count). The average Bonchev–Trinajstić information content (AvgIpc) is 3.57. The molecule has 0 saturated heterocycles. The number of hydrogen-bond donors (Lipinski definition) is 1. The predicted octanol–water partition coefficient (Wildman–Crippen LogP) is 6.02. The summed E-state index contributed by atoms with van der Waals surface area (Å²) in [6, 6.07) is 26.4. The van der Waals surface area contributed by atoms with E-state index in [1.54, 1.807) is 4.68 Å². The van der Waals surface area contributed by atoms with Crippen LogP contribution in [0.5, 0.6) is 6.01 Å². The highest BCUT2D eigenvalue weighted by Crippen LogP contribution is 2.47. The van der Waals surface area contributed by atoms with Gasteiger partial charge >= 0.3 is 6.01 Å². The van der Waals surface area contributed by atoms with E-state index in [0.29, 0.717) is 24.5 Å². The van der Waals surface area contributed by atoms with Crippen molar-refractivity contribution in [2.45, 2.75) is 33.1 Å². The lowest BCUT2D eigenvalue weighted by Gasteiger charge is -2.10. The lowest BCUT2D eigenvalue weighted by molar-refractivity contribution is -0.117. The summed E-state index contributed by atoms with van der Waals surface area (Å²) in [7, 11) is 0. The molecule has 3 aromatic carbocycles. The van der Waals surface area contributed by atoms with E-state index < -0.39 is 0 Å². The first-order valence-electron chi connectivity index (χ1n) is 12.1. The highest BCUT2D eigenvalue weighted by atomic mass is 16.5. The summed E-state index contributed by atoms with van der Waals surface area (Å²) in [4.78, 5) is 17.5. The number of aryl methyl sites for hydroxylation is 1. The number of aromatic nitrogens is 3. The molecule has 0 aliphatic heterocycles. The maximum Gasteiger partial charge on any atom is 0.336 e. The van der Waals surface area contributed by atoms with Crippen LogP contribution in [0.2, 0.25) is 0 Å². The number of hydrogen-bond acceptors (Lipinski definition) is 4. The zero-order valence-corrected chi connectivity index (χ0v) is 20.3. The minimum absolute atomic E-state index is 0.0284. The van der Waals surface area contributed by atoms with Crippen molar-refractivity contribution in [3.63, 3.8) is 0 Å². The smallest absolute Gasteiger partial charge is 0.336 e. The molecule has 0 radical (unpaired) electrons. The standard InChI is InChI=1S/C29H30N4O2/c1-19(2)18-35-29-31-27(24-12-8-7-9-20(24)3)33(32-29)23-15-13-22(14-16-23)30-28(34)26-17-25(26)21-10-5-4-6-11-21/h4-16,19,25-26H,17-18H2,1-3H3,(H,30,34)/t25-,26?/m0/s1. The summed E-state index contributed by atoms with van der Waals surface area (Å²) in [5.74, 6) is 1.51. The van der Waals surface area contributed by atoms with Crippen molar-refractivity contribution < 1.29 is 9.53 Å². The van der Waals surface area contributed by atoms with Gasteiger partial charge in [-0.3, -0.25) is 4.79 Å². The van der Waals surface area contributed by atoms with Crippen molar-refractivity contribution >= 4 is 11.6 Å². The molecule has 1 aromatic heterocycles. The summed E-state index contributed by atoms with van der Waals surface area (Å²) in [6.45, 7) is 6.79. The normalized spacial score (nSPS) is 16.8. The predicted molar refractivity (Wildman–Crippen MR) is 138 cm³/mol. The van der Waals surface area contributed by atoms with Crippen LogP contribution in [0.25, 0.3) is 17.1 Å². The topological polar surface area (TPSA) is 69.0 Å². The maximum absolute atomic E-state index is 12.8. The number of nitrogens with zero attached hydrogens (tertiary/aromatic N) is 3. The number of ether oxygens (including phenoxy) is 1. The summed E-state index contributed by atoms with van der Waals surface area (Å²) in [5.41, 5.74) is 4.96. The van der Waals surface area contributed by atoms with Crippen LogP contribution in [0.1, 0.15) is 37.3 Å². The van der Waals surface area contributed by atoms with Gasteiger partial charge in [0, 0.05) is 17.2 Å². The number of rotatable bonds is 8. The average molecular weight is 467 g/mol. The van der Waals surface area contributed by atoms with E-state index >= 15 is 0 Å². The Balaban J connectivity index is 1.35. The number of carbonyl (C=O) groups is 1. The Morgan fingerprint density at radius 1 is 1.03 bits per heavy atom. The van der Waals surface area contributed by atoms with E-state index in [1.165, 1.54) is 5.56 Å². The second-order valence-electron chi connectivity index (χ2n) is 9.55. The van der Waals surface area contributed by atoms with E-state index in [-0.39, 0.29) is 11.8 Å². The zero-order chi connectivity index (χ0) is 24.4. The van der Waals surface area contributed by atoms with Gasteiger partial charge in [0.05, 0.1) is 12.3 Å². The van der Waals surface area contributed by atoms with Crippen LogP contribution in [0.4, 0.5) is 5.69 Å². The minimum Gasteiger partial charge on any atom is -0.462 e. The van der Waals surface area contributed by atoms with Gasteiger partial charge in [0.1, 0.15) is 0 Å². The highest BCUT2D eigenvalue weighted by Gasteiger charge is 2.43. The Kier molecular flexibility index (Phi) is 6.36. The van der Waals surface area contributed by atoms with Crippen molar-refractivity contribution in [3.8, 4) is 23.1 Å². The zero-order valence-electron chi connectivity index (χ0n) is 20.3. The number of carbonyl (C=O) groups excluding carboxylic acids is 1. The molecule has 1 N–H and O–H groups in total. The fraction of sp³-hybridized carbons (Fsp3) is 0.276. The van der Waals surface area contributed by atoms with Crippen molar-refractivity contribution in [2.24, 2.45) is 11.8 Å². The van der Waals surface area contributed by atoms with Gasteiger partial charge < -0.3 is 10.1 Å². The van der Waals surface area contributed by atoms with E-state index in [1.807, 2.05) is 60.7 Å². The first-order chi connectivity index (χ1) is 17.0. The van der Waals surface area contributed by atoms with Crippen LogP contribution in [0.15, 0.2) is 78.9 Å². The van der Waals surface area contributed by atoms with Gasteiger partial charge in [0.15, 0.2) is 5.82 Å². The van der Waals surface area contributed by atoms with Crippen LogP contribution in [-0.2, 0) is 4.79 Å². The molecule has 0 bridgehead atoms. The molecule has 4 aromatic rings. The van der Waals surface area contributed by atoms with Gasteiger partial charge in [-0.1, -0.05) is 68.4 Å². The van der Waals surface area contributed by atoms with Crippen LogP contribution < -0.4 is 10.1 Å². The SMILES string of the molecule is Cc1ccccc1-c1nc(OCC(C)C)nn1-c1ccc(NC(=O)C2C[C@H]2c2ccccc2)cc1. The van der Waals surface area contributed by atoms with Crippen molar-refractivity contribution in [1.82, 2.24) is 14.8 Å². The minimum atomic E-state index is 0.0284. The molecule has 1 amide bonds. The third-order valence-electron chi connectivity index (χ3n) is 6.25. The molecule has 1 aliphatic rings. The second kappa shape index (κ2) is 9.74. The summed E-state index contributed by atoms with van der Waals surface area (Å²) >= 11 is 0. The molecule has 1 heterocycles. The van der Waals surface area contributed by atoms with Gasteiger partial charge in [0.2, 0.25) is 5.91 Å². The first kappa shape index (κ1) is 22.8. The molecule has 1 saturated carbocycles. The van der Waals surface area contributed by atoms with Gasteiger partial charge in [-0.15, -0.1) is 5.10 Å².